The van der Waals surface area contributed by atoms with E-state index in [-0.39, 0.29) is 17.5 Å². The monoisotopic (exact) mass is 414 g/mol. The molecule has 0 bridgehead atoms. The number of fused-ring (bicyclic) bond motifs is 1. The summed E-state index contributed by atoms with van der Waals surface area (Å²) >= 11 is 0. The first-order valence-electron chi connectivity index (χ1n) is 10.4. The van der Waals surface area contributed by atoms with Crippen molar-refractivity contribution in [2.75, 3.05) is 36.9 Å². The molecule has 2 atom stereocenters. The second-order valence-electron chi connectivity index (χ2n) is 8.54. The van der Waals surface area contributed by atoms with Gasteiger partial charge in [-0.25, -0.2) is 15.8 Å². The molecule has 3 N–H and O–H groups in total. The fourth-order valence-corrected chi connectivity index (χ4v) is 4.49. The summed E-state index contributed by atoms with van der Waals surface area (Å²) in [7, 11) is 0. The molecule has 9 heteroatoms. The Kier molecular flexibility index (Phi) is 5.28. The number of nitrogens with two attached hydrogens (primary N) is 1. The van der Waals surface area contributed by atoms with Crippen molar-refractivity contribution >= 4 is 16.6 Å². The van der Waals surface area contributed by atoms with E-state index in [1.165, 1.54) is 6.07 Å². The lowest BCUT2D eigenvalue weighted by molar-refractivity contribution is 0.476. The van der Waals surface area contributed by atoms with Crippen molar-refractivity contribution in [1.29, 1.82) is 0 Å². The van der Waals surface area contributed by atoms with Crippen molar-refractivity contribution < 1.29 is 4.39 Å². The van der Waals surface area contributed by atoms with Gasteiger partial charge in [-0.2, -0.15) is 4.68 Å². The lowest BCUT2D eigenvalue weighted by atomic mass is 10.1. The molecule has 1 aliphatic heterocycles. The van der Waals surface area contributed by atoms with Crippen LogP contribution in [0.1, 0.15) is 37.8 Å². The number of hydrogen-bond donors (Lipinski definition) is 2. The molecule has 2 aliphatic rings. The molecule has 160 valence electrons. The summed E-state index contributed by atoms with van der Waals surface area (Å²) in [5.41, 5.74) is 0.354. The van der Waals surface area contributed by atoms with Crippen LogP contribution in [0.25, 0.3) is 15.7 Å². The Morgan fingerprint density at radius 3 is 2.77 bits per heavy atom. The summed E-state index contributed by atoms with van der Waals surface area (Å²) in [5.74, 6) is 5.56. The maximum atomic E-state index is 15.2. The number of nitrogen functional groups attached to an aromatic ring is 1. The van der Waals surface area contributed by atoms with E-state index in [0.717, 1.165) is 25.8 Å². The van der Waals surface area contributed by atoms with Crippen molar-refractivity contribution in [3.8, 4) is 0 Å². The topological polar surface area (TPSA) is 89.7 Å². The Morgan fingerprint density at radius 1 is 1.37 bits per heavy atom. The maximum Gasteiger partial charge on any atom is 0.350 e. The van der Waals surface area contributed by atoms with Crippen LogP contribution < -0.4 is 27.3 Å². The van der Waals surface area contributed by atoms with Gasteiger partial charge in [0, 0.05) is 31.2 Å². The van der Waals surface area contributed by atoms with Gasteiger partial charge in [-0.15, -0.1) is 0 Å². The fraction of sp³-hybridized carbons (Fsp3) is 0.571. The molecule has 2 unspecified atom stereocenters. The number of hydrogen-bond acceptors (Lipinski definition) is 5. The number of nitrogens with one attached hydrogen (secondary N) is 1. The normalized spacial score (nSPS) is 19.9. The first kappa shape index (κ1) is 20.4. The van der Waals surface area contributed by atoms with E-state index >= 15 is 4.39 Å². The predicted octanol–water partition coefficient (Wildman–Crippen LogP) is 1.38. The minimum atomic E-state index is -0.669. The molecule has 1 saturated carbocycles. The molecule has 0 amide bonds. The average Bonchev–Trinajstić information content (AvgIpc) is 3.44. The van der Waals surface area contributed by atoms with Crippen molar-refractivity contribution in [1.82, 2.24) is 14.6 Å². The van der Waals surface area contributed by atoms with Crippen molar-refractivity contribution in [2.24, 2.45) is 5.92 Å². The number of rotatable bonds is 6. The highest BCUT2D eigenvalue weighted by atomic mass is 19.1. The van der Waals surface area contributed by atoms with Gasteiger partial charge in [0.1, 0.15) is 5.82 Å². The number of aromatic nitrogens is 2. The number of nitrogens with zero attached hydrogens (tertiary/aromatic N) is 4. The molecule has 2 heterocycles. The lowest BCUT2D eigenvalue weighted by Crippen LogP contribution is -2.44. The highest BCUT2D eigenvalue weighted by Crippen LogP contribution is 2.39. The van der Waals surface area contributed by atoms with Gasteiger partial charge in [0.15, 0.2) is 0 Å². The highest BCUT2D eigenvalue weighted by Gasteiger charge is 2.32. The Hall–Kier alpha value is -2.86. The first-order chi connectivity index (χ1) is 14.3. The second kappa shape index (κ2) is 7.76. The van der Waals surface area contributed by atoms with E-state index < -0.39 is 17.1 Å². The van der Waals surface area contributed by atoms with E-state index in [9.17, 15) is 9.59 Å². The van der Waals surface area contributed by atoms with Gasteiger partial charge in [-0.1, -0.05) is 0 Å². The largest absolute Gasteiger partial charge is 0.369 e. The van der Waals surface area contributed by atoms with Crippen LogP contribution in [-0.2, 0) is 0 Å². The molecular weight excluding hydrogens is 387 g/mol. The van der Waals surface area contributed by atoms with Crippen LogP contribution in [0.15, 0.2) is 15.7 Å². The van der Waals surface area contributed by atoms with Crippen LogP contribution in [0.5, 0.6) is 0 Å². The summed E-state index contributed by atoms with van der Waals surface area (Å²) in [4.78, 5) is 30.6. The third-order valence-corrected chi connectivity index (χ3v) is 6.20. The van der Waals surface area contributed by atoms with E-state index in [4.69, 9.17) is 12.4 Å². The Morgan fingerprint density at radius 2 is 2.10 bits per heavy atom. The molecular formula is C21H27FN6O2. The van der Waals surface area contributed by atoms with Gasteiger partial charge in [0.05, 0.1) is 22.6 Å². The molecule has 0 spiro atoms. The van der Waals surface area contributed by atoms with Crippen LogP contribution in [-0.4, -0.2) is 41.5 Å². The van der Waals surface area contributed by atoms with Gasteiger partial charge < -0.3 is 20.9 Å². The maximum absolute atomic E-state index is 15.2. The van der Waals surface area contributed by atoms with Gasteiger partial charge >= 0.3 is 5.69 Å². The SMILES string of the molecule is [C-]#[N+]CC(C)NCC1CCN(c2c(F)cc3c(=O)n(N)c(=O)n(C4CC4)c3c2C)C1. The predicted molar refractivity (Wildman–Crippen MR) is 115 cm³/mol. The minimum absolute atomic E-state index is 0.00637. The quantitative estimate of drug-likeness (QED) is 0.551. The zero-order valence-corrected chi connectivity index (χ0v) is 17.3. The minimum Gasteiger partial charge on any atom is -0.369 e. The van der Waals surface area contributed by atoms with Gasteiger partial charge in [0.2, 0.25) is 6.54 Å². The third kappa shape index (κ3) is 3.45. The summed E-state index contributed by atoms with van der Waals surface area (Å²) in [6.45, 7) is 13.3. The van der Waals surface area contributed by atoms with E-state index in [0.29, 0.717) is 47.0 Å². The fourth-order valence-electron chi connectivity index (χ4n) is 4.49. The number of benzene rings is 1. The Balaban J connectivity index is 1.70. The molecule has 1 aliphatic carbocycles. The molecule has 2 fully saturated rings. The zero-order chi connectivity index (χ0) is 21.6. The smallest absolute Gasteiger partial charge is 0.350 e. The van der Waals surface area contributed by atoms with Crippen LogP contribution in [0.2, 0.25) is 0 Å². The van der Waals surface area contributed by atoms with Gasteiger partial charge in [0.25, 0.3) is 5.56 Å². The zero-order valence-electron chi connectivity index (χ0n) is 17.3. The van der Waals surface area contributed by atoms with Crippen LogP contribution >= 0.6 is 0 Å². The summed E-state index contributed by atoms with van der Waals surface area (Å²) in [5, 5.41) is 3.52. The second-order valence-corrected chi connectivity index (χ2v) is 8.54. The summed E-state index contributed by atoms with van der Waals surface area (Å²) < 4.78 is 17.3. The molecule has 2 aromatic rings. The number of anilines is 1. The molecule has 1 aromatic carbocycles. The highest BCUT2D eigenvalue weighted by molar-refractivity contribution is 5.87. The molecule has 4 rings (SSSR count). The summed E-state index contributed by atoms with van der Waals surface area (Å²) in [6, 6.07) is 1.36. The van der Waals surface area contributed by atoms with Crippen molar-refractivity contribution in [3.63, 3.8) is 0 Å². The van der Waals surface area contributed by atoms with E-state index in [2.05, 4.69) is 10.2 Å². The van der Waals surface area contributed by atoms with Crippen LogP contribution in [0.4, 0.5) is 10.1 Å². The standard InChI is InChI=1S/C21H27FN6O2/c1-12(9-24-3)25-10-14-6-7-26(11-14)19-13(2)18-16(8-17(19)22)20(29)28(23)21(30)27(18)15-4-5-15/h8,12,14-15,25H,4-7,9-11,23H2,1-2H3. The molecule has 30 heavy (non-hydrogen) atoms. The Labute approximate surface area is 173 Å². The Bertz CT molecular complexity index is 1140. The molecule has 0 radical (unpaired) electrons. The number of aryl methyl sites for hydroxylation is 1. The van der Waals surface area contributed by atoms with E-state index in [1.807, 2.05) is 11.8 Å². The molecule has 1 aromatic heterocycles. The lowest BCUT2D eigenvalue weighted by Gasteiger charge is -2.24. The first-order valence-corrected chi connectivity index (χ1v) is 10.4. The van der Waals surface area contributed by atoms with Crippen molar-refractivity contribution in [2.45, 2.75) is 45.2 Å². The van der Waals surface area contributed by atoms with E-state index in [1.54, 1.807) is 11.5 Å². The van der Waals surface area contributed by atoms with Crippen LogP contribution in [0, 0.1) is 25.2 Å². The number of halogens is 1. The van der Waals surface area contributed by atoms with Gasteiger partial charge in [-0.3, -0.25) is 9.36 Å². The van der Waals surface area contributed by atoms with Crippen LogP contribution in [0.3, 0.4) is 0 Å². The average molecular weight is 414 g/mol. The molecule has 1 saturated heterocycles. The third-order valence-electron chi connectivity index (χ3n) is 6.20. The van der Waals surface area contributed by atoms with Crippen molar-refractivity contribution in [3.05, 3.63) is 49.7 Å². The summed E-state index contributed by atoms with van der Waals surface area (Å²) in [6.07, 6.45) is 2.60. The van der Waals surface area contributed by atoms with Gasteiger partial charge in [-0.05, 0) is 45.1 Å². The molecule has 8 nitrogen and oxygen atoms in total.